The van der Waals surface area contributed by atoms with Crippen LogP contribution < -0.4 is 25.0 Å². The summed E-state index contributed by atoms with van der Waals surface area (Å²) in [6, 6.07) is 4.26. The molecule has 0 radical (unpaired) electrons. The number of rotatable bonds is 9. The summed E-state index contributed by atoms with van der Waals surface area (Å²) in [6.07, 6.45) is 0. The number of nitrogens with one attached hydrogen (secondary N) is 3. The van der Waals surface area contributed by atoms with Gasteiger partial charge in [0.05, 0.1) is 19.8 Å². The maximum atomic E-state index is 12.6. The van der Waals surface area contributed by atoms with E-state index in [1.54, 1.807) is 6.92 Å². The zero-order valence-corrected chi connectivity index (χ0v) is 24.2. The van der Waals surface area contributed by atoms with Crippen molar-refractivity contribution >= 4 is 51.5 Å². The van der Waals surface area contributed by atoms with Gasteiger partial charge in [0.1, 0.15) is 10.7 Å². The van der Waals surface area contributed by atoms with E-state index in [2.05, 4.69) is 45.3 Å². The van der Waals surface area contributed by atoms with E-state index >= 15 is 0 Å². The molecule has 2 aromatic heterocycles. The Labute approximate surface area is 236 Å². The molecular weight excluding hydrogens is 568 g/mol. The van der Waals surface area contributed by atoms with E-state index in [9.17, 15) is 18.0 Å². The standard InChI is InChI=1S/C15H17N5O6S.C7H12ClN5/c1-9-16-13(18-14(17-9)26-4)20(2)15(22)19-27(23,24)11-8-6-5-7-10(11)12(21)25-3;1-3-9-6-11-5(8)12-7(13-6)10-4-2/h5-8H,1-4H3,(H,19,22);3-4H2,1-2H3,(H2,9,10,11,12,13). The van der Waals surface area contributed by atoms with Crippen LogP contribution in [0, 0.1) is 6.92 Å². The Hall–Kier alpha value is -4.38. The van der Waals surface area contributed by atoms with Crippen LogP contribution in [0.3, 0.4) is 0 Å². The van der Waals surface area contributed by atoms with Gasteiger partial charge >= 0.3 is 18.0 Å². The van der Waals surface area contributed by atoms with Crippen LogP contribution in [-0.2, 0) is 14.8 Å². The molecule has 3 N–H and O–H groups in total. The third-order valence-electron chi connectivity index (χ3n) is 4.58. The number of carbonyl (C=O) groups is 2. The second kappa shape index (κ2) is 14.7. The minimum Gasteiger partial charge on any atom is -0.467 e. The number of esters is 1. The molecule has 3 aromatic rings. The summed E-state index contributed by atoms with van der Waals surface area (Å²) in [6.45, 7) is 7.00. The van der Waals surface area contributed by atoms with Crippen molar-refractivity contribution in [3.8, 4) is 6.01 Å². The van der Waals surface area contributed by atoms with E-state index in [0.717, 1.165) is 25.1 Å². The van der Waals surface area contributed by atoms with Gasteiger partial charge in [-0.15, -0.1) is 0 Å². The molecule has 0 spiro atoms. The van der Waals surface area contributed by atoms with Gasteiger partial charge in [0.25, 0.3) is 10.0 Å². The van der Waals surface area contributed by atoms with Crippen LogP contribution in [0.1, 0.15) is 30.0 Å². The Morgan fingerprint density at radius 2 is 1.55 bits per heavy atom. The fourth-order valence-electron chi connectivity index (χ4n) is 2.82. The summed E-state index contributed by atoms with van der Waals surface area (Å²) in [7, 11) is -0.640. The highest BCUT2D eigenvalue weighted by Gasteiger charge is 2.27. The van der Waals surface area contributed by atoms with E-state index in [0.29, 0.717) is 11.9 Å². The molecule has 0 fully saturated rings. The molecular formula is C22H29ClN10O6S. The third-order valence-corrected chi connectivity index (χ3v) is 6.13. The first kappa shape index (κ1) is 31.8. The van der Waals surface area contributed by atoms with Crippen molar-refractivity contribution in [2.45, 2.75) is 25.7 Å². The molecule has 40 heavy (non-hydrogen) atoms. The van der Waals surface area contributed by atoms with Gasteiger partial charge in [-0.2, -0.15) is 29.9 Å². The summed E-state index contributed by atoms with van der Waals surface area (Å²) in [5.41, 5.74) is -0.208. The topological polar surface area (TPSA) is 203 Å². The van der Waals surface area contributed by atoms with Crippen LogP contribution in [0.2, 0.25) is 5.28 Å². The van der Waals surface area contributed by atoms with E-state index in [1.807, 2.05) is 18.6 Å². The van der Waals surface area contributed by atoms with Crippen LogP contribution in [0.4, 0.5) is 22.6 Å². The molecule has 0 aliphatic heterocycles. The second-order valence-electron chi connectivity index (χ2n) is 7.44. The van der Waals surface area contributed by atoms with E-state index in [4.69, 9.17) is 16.3 Å². The summed E-state index contributed by atoms with van der Waals surface area (Å²) >= 11 is 5.68. The SMILES string of the molecule is CCNc1nc(Cl)nc(NCC)n1.COC(=O)c1ccccc1S(=O)(=O)NC(=O)N(C)c1nc(C)nc(OC)n1. The quantitative estimate of drug-likeness (QED) is 0.302. The zero-order valence-electron chi connectivity index (χ0n) is 22.6. The lowest BCUT2D eigenvalue weighted by Gasteiger charge is -2.17. The number of amides is 2. The van der Waals surface area contributed by atoms with E-state index in [-0.39, 0.29) is 28.6 Å². The molecule has 0 unspecified atom stereocenters. The maximum absolute atomic E-state index is 12.6. The number of urea groups is 1. The predicted molar refractivity (Wildman–Crippen MR) is 146 cm³/mol. The number of anilines is 3. The second-order valence-corrected chi connectivity index (χ2v) is 9.43. The van der Waals surface area contributed by atoms with Gasteiger partial charge in [-0.05, 0) is 44.5 Å². The van der Waals surface area contributed by atoms with Crippen LogP contribution >= 0.6 is 11.6 Å². The molecule has 1 aromatic carbocycles. The molecule has 0 saturated carbocycles. The van der Waals surface area contributed by atoms with Gasteiger partial charge < -0.3 is 20.1 Å². The van der Waals surface area contributed by atoms with E-state index in [1.165, 1.54) is 38.4 Å². The van der Waals surface area contributed by atoms with Crippen molar-refractivity contribution in [2.75, 3.05) is 49.9 Å². The highest BCUT2D eigenvalue weighted by atomic mass is 35.5. The Balaban J connectivity index is 0.000000360. The summed E-state index contributed by atoms with van der Waals surface area (Å²) in [5, 5.41) is 6.12. The average Bonchev–Trinajstić information content (AvgIpc) is 2.92. The fraction of sp³-hybridized carbons (Fsp3) is 0.364. The maximum Gasteiger partial charge on any atom is 0.339 e. The van der Waals surface area contributed by atoms with Gasteiger partial charge in [0.15, 0.2) is 0 Å². The number of aromatic nitrogens is 6. The van der Waals surface area contributed by atoms with Gasteiger partial charge in [-0.25, -0.2) is 22.7 Å². The molecule has 3 rings (SSSR count). The minimum atomic E-state index is -4.37. The molecule has 16 nitrogen and oxygen atoms in total. The highest BCUT2D eigenvalue weighted by molar-refractivity contribution is 7.90. The van der Waals surface area contributed by atoms with Crippen molar-refractivity contribution in [1.29, 1.82) is 0 Å². The van der Waals surface area contributed by atoms with Gasteiger partial charge in [-0.3, -0.25) is 4.90 Å². The molecule has 0 atom stereocenters. The summed E-state index contributed by atoms with van der Waals surface area (Å²) in [4.78, 5) is 48.2. The lowest BCUT2D eigenvalue weighted by atomic mass is 10.2. The average molecular weight is 597 g/mol. The summed E-state index contributed by atoms with van der Waals surface area (Å²) < 4.78 is 36.5. The Kier molecular flexibility index (Phi) is 11.7. The monoisotopic (exact) mass is 596 g/mol. The van der Waals surface area contributed by atoms with Crippen LogP contribution in [-0.4, -0.2) is 84.7 Å². The molecule has 0 saturated heterocycles. The van der Waals surface area contributed by atoms with Gasteiger partial charge in [0, 0.05) is 20.1 Å². The number of sulfonamides is 1. The Bertz CT molecular complexity index is 1420. The first-order valence-corrected chi connectivity index (χ1v) is 13.5. The number of nitrogens with zero attached hydrogens (tertiary/aromatic N) is 7. The fourth-order valence-corrected chi connectivity index (χ4v) is 4.15. The third kappa shape index (κ3) is 8.84. The zero-order chi connectivity index (χ0) is 29.9. The molecule has 0 aliphatic rings. The van der Waals surface area contributed by atoms with Crippen LogP contribution in [0.15, 0.2) is 29.2 Å². The predicted octanol–water partition coefficient (Wildman–Crippen LogP) is 1.90. The van der Waals surface area contributed by atoms with Crippen molar-refractivity contribution < 1.29 is 27.5 Å². The first-order chi connectivity index (χ1) is 18.9. The lowest BCUT2D eigenvalue weighted by Crippen LogP contribution is -2.42. The molecule has 2 heterocycles. The highest BCUT2D eigenvalue weighted by Crippen LogP contribution is 2.17. The smallest absolute Gasteiger partial charge is 0.339 e. The summed E-state index contributed by atoms with van der Waals surface area (Å²) in [5.74, 6) is 0.301. The van der Waals surface area contributed by atoms with E-state index < -0.39 is 26.9 Å². The van der Waals surface area contributed by atoms with Crippen molar-refractivity contribution in [1.82, 2.24) is 34.6 Å². The largest absolute Gasteiger partial charge is 0.467 e. The van der Waals surface area contributed by atoms with Crippen molar-refractivity contribution in [2.24, 2.45) is 0 Å². The minimum absolute atomic E-state index is 0.0314. The molecule has 2 amide bonds. The first-order valence-electron chi connectivity index (χ1n) is 11.6. The van der Waals surface area contributed by atoms with Gasteiger partial charge in [0.2, 0.25) is 23.1 Å². The molecule has 0 aliphatic carbocycles. The molecule has 18 heteroatoms. The van der Waals surface area contributed by atoms with Crippen molar-refractivity contribution in [3.05, 3.63) is 40.9 Å². The number of benzene rings is 1. The number of methoxy groups -OCH3 is 2. The number of halogens is 1. The lowest BCUT2D eigenvalue weighted by molar-refractivity contribution is 0.0596. The van der Waals surface area contributed by atoms with Crippen LogP contribution in [0.25, 0.3) is 0 Å². The normalized spacial score (nSPS) is 10.5. The Morgan fingerprint density at radius 3 is 2.10 bits per heavy atom. The van der Waals surface area contributed by atoms with Gasteiger partial charge in [-0.1, -0.05) is 12.1 Å². The Morgan fingerprint density at radius 1 is 0.950 bits per heavy atom. The number of ether oxygens (including phenoxy) is 2. The van der Waals surface area contributed by atoms with Crippen molar-refractivity contribution in [3.63, 3.8) is 0 Å². The molecule has 0 bridgehead atoms. The number of aryl methyl sites for hydroxylation is 1. The number of hydrogen-bond donors (Lipinski definition) is 3. The molecule has 216 valence electrons. The number of carbonyl (C=O) groups excluding carboxylic acids is 2. The number of hydrogen-bond acceptors (Lipinski definition) is 14. The van der Waals surface area contributed by atoms with Crippen LogP contribution in [0.5, 0.6) is 6.01 Å².